The Morgan fingerprint density at radius 3 is 2.71 bits per heavy atom. The minimum Gasteiger partial charge on any atom is -0.448 e. The molecule has 34 heavy (non-hydrogen) atoms. The zero-order chi connectivity index (χ0) is 24.2. The summed E-state index contributed by atoms with van der Waals surface area (Å²) in [6, 6.07) is 9.71. The van der Waals surface area contributed by atoms with Gasteiger partial charge in [-0.3, -0.25) is 0 Å². The molecule has 4 rings (SSSR count). The number of rotatable bonds is 8. The number of aromatic nitrogens is 5. The van der Waals surface area contributed by atoms with Gasteiger partial charge in [0.05, 0.1) is 24.9 Å². The molecule has 1 aromatic carbocycles. The summed E-state index contributed by atoms with van der Waals surface area (Å²) in [4.78, 5) is 27.4. The van der Waals surface area contributed by atoms with Crippen molar-refractivity contribution in [3.05, 3.63) is 82.1 Å². The van der Waals surface area contributed by atoms with Gasteiger partial charge in [0.15, 0.2) is 12.0 Å². The smallest absolute Gasteiger partial charge is 0.353 e. The monoisotopic (exact) mass is 462 g/mol. The Labute approximate surface area is 196 Å². The largest absolute Gasteiger partial charge is 0.448 e. The number of nitrogens with two attached hydrogens (primary N) is 2. The number of fused-ring (bicyclic) bond motifs is 1. The molecule has 0 fully saturated rings. The third kappa shape index (κ3) is 4.41. The van der Waals surface area contributed by atoms with Crippen molar-refractivity contribution in [2.24, 2.45) is 0 Å². The predicted octanol–water partition coefficient (Wildman–Crippen LogP) is 2.31. The number of oxazole rings is 1. The molecule has 0 amide bonds. The van der Waals surface area contributed by atoms with E-state index in [0.29, 0.717) is 28.4 Å². The van der Waals surface area contributed by atoms with E-state index in [1.807, 2.05) is 50.3 Å². The number of quaternary nitrogens is 1. The maximum atomic E-state index is 13.3. The van der Waals surface area contributed by atoms with Gasteiger partial charge < -0.3 is 10.2 Å². The molecular weight excluding hydrogens is 434 g/mol. The van der Waals surface area contributed by atoms with Crippen molar-refractivity contribution in [2.75, 3.05) is 12.8 Å². The quantitative estimate of drug-likeness (QED) is 0.303. The van der Waals surface area contributed by atoms with Gasteiger partial charge in [-0.25, -0.2) is 28.7 Å². The fraction of sp³-hybridized carbons (Fsp3) is 0.250. The Morgan fingerprint density at radius 1 is 1.29 bits per heavy atom. The molecule has 10 heteroatoms. The highest BCUT2D eigenvalue weighted by atomic mass is 16.6. The van der Waals surface area contributed by atoms with E-state index in [2.05, 4.69) is 21.1 Å². The number of anilines is 1. The van der Waals surface area contributed by atoms with Gasteiger partial charge in [0, 0.05) is 18.6 Å². The van der Waals surface area contributed by atoms with Crippen LogP contribution in [0.3, 0.4) is 0 Å². The summed E-state index contributed by atoms with van der Waals surface area (Å²) in [5.41, 5.74) is 12.6. The van der Waals surface area contributed by atoms with Crippen LogP contribution in [0.15, 0.2) is 63.8 Å². The number of hydrogen-bond donors (Lipinski definition) is 2. The first-order valence-corrected chi connectivity index (χ1v) is 10.9. The van der Waals surface area contributed by atoms with Gasteiger partial charge in [0.2, 0.25) is 5.95 Å². The highest BCUT2D eigenvalue weighted by Crippen LogP contribution is 2.32. The van der Waals surface area contributed by atoms with Gasteiger partial charge in [-0.1, -0.05) is 43.3 Å². The Kier molecular flexibility index (Phi) is 6.71. The van der Waals surface area contributed by atoms with E-state index >= 15 is 0 Å². The molecule has 3 heterocycles. The first kappa shape index (κ1) is 23.1. The van der Waals surface area contributed by atoms with E-state index in [4.69, 9.17) is 15.0 Å². The van der Waals surface area contributed by atoms with Crippen LogP contribution in [0, 0.1) is 6.92 Å². The summed E-state index contributed by atoms with van der Waals surface area (Å²) in [5, 5.41) is 4.69. The molecule has 10 nitrogen and oxygen atoms in total. The van der Waals surface area contributed by atoms with Gasteiger partial charge >= 0.3 is 5.69 Å². The number of hydrogen-bond acceptors (Lipinski definition) is 7. The fourth-order valence-electron chi connectivity index (χ4n) is 3.82. The van der Waals surface area contributed by atoms with Gasteiger partial charge in [-0.15, -0.1) is 5.10 Å². The lowest BCUT2D eigenvalue weighted by atomic mass is 9.98. The van der Waals surface area contributed by atoms with Gasteiger partial charge in [-0.2, -0.15) is 5.48 Å². The lowest BCUT2D eigenvalue weighted by molar-refractivity contribution is -0.854. The molecule has 0 saturated heterocycles. The van der Waals surface area contributed by atoms with E-state index in [1.165, 1.54) is 15.5 Å². The van der Waals surface area contributed by atoms with E-state index < -0.39 is 5.69 Å². The van der Waals surface area contributed by atoms with Crippen LogP contribution in [0.5, 0.6) is 0 Å². The van der Waals surface area contributed by atoms with Crippen molar-refractivity contribution in [3.63, 3.8) is 0 Å². The third-order valence-electron chi connectivity index (χ3n) is 5.35. The molecule has 0 aliphatic rings. The average Bonchev–Trinajstić information content (AvgIpc) is 3.37. The Bertz CT molecular complexity index is 1430. The molecule has 4 N–H and O–H groups in total. The zero-order valence-corrected chi connectivity index (χ0v) is 19.6. The topological polar surface area (TPSA) is 130 Å². The van der Waals surface area contributed by atoms with Gasteiger partial charge in [-0.05, 0) is 18.9 Å². The number of nitrogen functional groups attached to an aromatic ring is 1. The van der Waals surface area contributed by atoms with Crippen LogP contribution in [-0.4, -0.2) is 31.3 Å². The van der Waals surface area contributed by atoms with Crippen LogP contribution < -0.4 is 16.9 Å². The highest BCUT2D eigenvalue weighted by Gasteiger charge is 2.23. The Hall–Kier alpha value is -4.02. The second-order valence-electron chi connectivity index (χ2n) is 7.82. The standard InChI is InChI=1S/C24H27N7O3/c1-5-9-18(12-15(2)29-33-4)20-21(17-10-7-6-8-11-17)27-23(25)31-22(20)28-30(24(31)32)13-19-16(3)34-14-26-19/h6-12,14,29H,5,13H2,1-4H3,(H2,25,27)/p+1/b15-12-,18-9+. The van der Waals surface area contributed by atoms with Crippen molar-refractivity contribution in [1.29, 1.82) is 0 Å². The number of benzene rings is 1. The second kappa shape index (κ2) is 9.86. The van der Waals surface area contributed by atoms with Crippen LogP contribution in [0.2, 0.25) is 0 Å². The zero-order valence-electron chi connectivity index (χ0n) is 19.6. The number of nitrogens with zero attached hydrogens (tertiary/aromatic N) is 5. The molecule has 0 aliphatic carbocycles. The molecule has 4 aromatic rings. The summed E-state index contributed by atoms with van der Waals surface area (Å²) >= 11 is 0. The van der Waals surface area contributed by atoms with Crippen LogP contribution in [0.1, 0.15) is 37.3 Å². The van der Waals surface area contributed by atoms with E-state index in [9.17, 15) is 4.79 Å². The Balaban J connectivity index is 2.03. The first-order chi connectivity index (χ1) is 16.4. The minimum atomic E-state index is -0.400. The SMILES string of the molecule is CC/C=C(\C=C(\C)[NH2+]OC)c1c(-c2ccccc2)nc(N)n2c(=O)n(Cc3ncoc3C)nc12. The molecule has 0 spiro atoms. The minimum absolute atomic E-state index is 0.0609. The normalized spacial score (nSPS) is 12.6. The van der Waals surface area contributed by atoms with Crippen LogP contribution in [0.4, 0.5) is 5.95 Å². The lowest BCUT2D eigenvalue weighted by Crippen LogP contribution is -2.79. The number of aryl methyl sites for hydroxylation is 1. The number of hydroxylamine groups is 1. The summed E-state index contributed by atoms with van der Waals surface area (Å²) < 4.78 is 7.95. The van der Waals surface area contributed by atoms with E-state index in [1.54, 1.807) is 19.5 Å². The molecule has 176 valence electrons. The highest BCUT2D eigenvalue weighted by molar-refractivity contribution is 5.91. The molecule has 0 bridgehead atoms. The Morgan fingerprint density at radius 2 is 2.06 bits per heavy atom. The molecule has 0 saturated carbocycles. The maximum Gasteiger partial charge on any atom is 0.353 e. The van der Waals surface area contributed by atoms with Crippen molar-refractivity contribution < 1.29 is 14.7 Å². The fourth-order valence-corrected chi connectivity index (χ4v) is 3.82. The van der Waals surface area contributed by atoms with Crippen molar-refractivity contribution in [2.45, 2.75) is 33.7 Å². The molecule has 0 unspecified atom stereocenters. The lowest BCUT2D eigenvalue weighted by Gasteiger charge is -2.13. The van der Waals surface area contributed by atoms with Crippen LogP contribution in [-0.2, 0) is 11.4 Å². The van der Waals surface area contributed by atoms with Crippen LogP contribution >= 0.6 is 0 Å². The van der Waals surface area contributed by atoms with E-state index in [-0.39, 0.29) is 12.5 Å². The molecule has 0 radical (unpaired) electrons. The van der Waals surface area contributed by atoms with Crippen LogP contribution in [0.25, 0.3) is 22.5 Å². The predicted molar refractivity (Wildman–Crippen MR) is 128 cm³/mol. The molecular formula is C24H28N7O3+. The summed E-state index contributed by atoms with van der Waals surface area (Å²) in [6.45, 7) is 5.93. The third-order valence-corrected chi connectivity index (χ3v) is 5.35. The first-order valence-electron chi connectivity index (χ1n) is 10.9. The summed E-state index contributed by atoms with van der Waals surface area (Å²) in [6.07, 6.45) is 6.16. The maximum absolute atomic E-state index is 13.3. The summed E-state index contributed by atoms with van der Waals surface area (Å²) in [7, 11) is 1.60. The van der Waals surface area contributed by atoms with Gasteiger partial charge in [0.25, 0.3) is 0 Å². The van der Waals surface area contributed by atoms with Gasteiger partial charge in [0.1, 0.15) is 17.2 Å². The molecule has 0 atom stereocenters. The second-order valence-corrected chi connectivity index (χ2v) is 7.82. The molecule has 3 aromatic heterocycles. The number of allylic oxidation sites excluding steroid dienone is 4. The van der Waals surface area contributed by atoms with Crippen molar-refractivity contribution in [3.8, 4) is 11.3 Å². The van der Waals surface area contributed by atoms with E-state index in [0.717, 1.165) is 23.3 Å². The van der Waals surface area contributed by atoms with Crippen molar-refractivity contribution in [1.82, 2.24) is 24.1 Å². The molecule has 0 aliphatic heterocycles. The summed E-state index contributed by atoms with van der Waals surface area (Å²) in [5.74, 6) is 0.686. The average molecular weight is 463 g/mol. The van der Waals surface area contributed by atoms with Crippen molar-refractivity contribution >= 4 is 17.2 Å².